The van der Waals surface area contributed by atoms with Crippen molar-refractivity contribution in [1.82, 2.24) is 4.90 Å². The minimum absolute atomic E-state index is 0.333. The molecule has 0 saturated carbocycles. The van der Waals surface area contributed by atoms with Crippen molar-refractivity contribution >= 4 is 5.91 Å². The number of hydrogen-bond acceptors (Lipinski definition) is 2. The third kappa shape index (κ3) is 34.0. The van der Waals surface area contributed by atoms with Crippen LogP contribution in [0, 0.1) is 0 Å². The number of carbonyl (C=O) groups is 1. The first-order valence-electron chi connectivity index (χ1n) is 9.91. The van der Waals surface area contributed by atoms with E-state index in [0.717, 1.165) is 0 Å². The van der Waals surface area contributed by atoms with E-state index < -0.39 is 0 Å². The molecule has 0 aliphatic heterocycles. The van der Waals surface area contributed by atoms with E-state index in [1.54, 1.807) is 0 Å². The third-order valence-corrected chi connectivity index (χ3v) is 3.96. The van der Waals surface area contributed by atoms with Gasteiger partial charge in [-0.2, -0.15) is 0 Å². The summed E-state index contributed by atoms with van der Waals surface area (Å²) in [7, 11) is 4.34. The normalized spacial score (nSPS) is 10.5. The van der Waals surface area contributed by atoms with Crippen molar-refractivity contribution in [2.24, 2.45) is 5.73 Å². The fraction of sp³-hybridized carbons (Fsp3) is 0.950. The molecule has 0 aromatic carbocycles. The lowest BCUT2D eigenvalue weighted by molar-refractivity contribution is -0.115. The highest BCUT2D eigenvalue weighted by molar-refractivity contribution is 5.70. The predicted molar refractivity (Wildman–Crippen MR) is 104 cm³/mol. The highest BCUT2D eigenvalue weighted by Gasteiger charge is 1.94. The van der Waals surface area contributed by atoms with E-state index in [-0.39, 0.29) is 5.91 Å². The number of amides is 1. The predicted octanol–water partition coefficient (Wildman–Crippen LogP) is 5.52. The summed E-state index contributed by atoms with van der Waals surface area (Å²) >= 11 is 0. The Kier molecular flexibility index (Phi) is 23.0. The molecule has 0 atom stereocenters. The van der Waals surface area contributed by atoms with Gasteiger partial charge in [-0.3, -0.25) is 4.79 Å². The van der Waals surface area contributed by atoms with Crippen molar-refractivity contribution in [2.45, 2.75) is 104 Å². The molecule has 0 saturated heterocycles. The Morgan fingerprint density at radius 3 is 1.22 bits per heavy atom. The summed E-state index contributed by atoms with van der Waals surface area (Å²) in [5, 5.41) is 0. The van der Waals surface area contributed by atoms with Crippen LogP contribution >= 0.6 is 0 Å². The van der Waals surface area contributed by atoms with Crippen molar-refractivity contribution < 1.29 is 4.79 Å². The summed E-state index contributed by atoms with van der Waals surface area (Å²) in [5.74, 6) is -0.333. The first kappa shape index (κ1) is 24.7. The standard InChI is InChI=1S/C18H39N.C2H5NO/c1-4-5-6-7-8-9-10-11-12-13-14-15-16-17-18-19(2)3;1-2(3)4/h4-18H2,1-3H3;1H3,(H2,3,4). The Hall–Kier alpha value is -0.570. The molecular formula is C20H44N2O. The van der Waals surface area contributed by atoms with Crippen LogP contribution in [0.1, 0.15) is 104 Å². The van der Waals surface area contributed by atoms with Crippen LogP contribution in [-0.2, 0) is 4.79 Å². The lowest BCUT2D eigenvalue weighted by Crippen LogP contribution is -2.12. The van der Waals surface area contributed by atoms with E-state index in [4.69, 9.17) is 0 Å². The third-order valence-electron chi connectivity index (χ3n) is 3.96. The van der Waals surface area contributed by atoms with Gasteiger partial charge in [0.05, 0.1) is 0 Å². The number of nitrogens with two attached hydrogens (primary N) is 1. The van der Waals surface area contributed by atoms with Crippen LogP contribution in [0.5, 0.6) is 0 Å². The molecule has 0 radical (unpaired) electrons. The molecular weight excluding hydrogens is 284 g/mol. The van der Waals surface area contributed by atoms with Crippen LogP contribution in [0.15, 0.2) is 0 Å². The van der Waals surface area contributed by atoms with Crippen molar-refractivity contribution in [1.29, 1.82) is 0 Å². The molecule has 0 rings (SSSR count). The first-order chi connectivity index (χ1) is 11.0. The van der Waals surface area contributed by atoms with Gasteiger partial charge in [0.25, 0.3) is 0 Å². The summed E-state index contributed by atoms with van der Waals surface area (Å²) in [6.07, 6.45) is 20.3. The number of rotatable bonds is 15. The zero-order valence-electron chi connectivity index (χ0n) is 16.5. The number of nitrogens with zero attached hydrogens (tertiary/aromatic N) is 1. The molecule has 0 bridgehead atoms. The summed E-state index contributed by atoms with van der Waals surface area (Å²) < 4.78 is 0. The number of hydrogen-bond donors (Lipinski definition) is 1. The second kappa shape index (κ2) is 21.4. The fourth-order valence-corrected chi connectivity index (χ4v) is 2.62. The molecule has 140 valence electrons. The van der Waals surface area contributed by atoms with Gasteiger partial charge >= 0.3 is 0 Å². The minimum Gasteiger partial charge on any atom is -0.370 e. The largest absolute Gasteiger partial charge is 0.370 e. The molecule has 0 aromatic heterocycles. The molecule has 0 aromatic rings. The molecule has 0 aliphatic rings. The number of carbonyl (C=O) groups excluding carboxylic acids is 1. The maximum Gasteiger partial charge on any atom is 0.214 e. The molecule has 0 heterocycles. The maximum atomic E-state index is 9.22. The highest BCUT2D eigenvalue weighted by Crippen LogP contribution is 2.12. The van der Waals surface area contributed by atoms with Crippen LogP contribution < -0.4 is 5.73 Å². The SMILES string of the molecule is CC(N)=O.CCCCCCCCCCCCCCCCN(C)C. The van der Waals surface area contributed by atoms with Crippen LogP contribution in [0.25, 0.3) is 0 Å². The van der Waals surface area contributed by atoms with Crippen LogP contribution in [-0.4, -0.2) is 31.4 Å². The van der Waals surface area contributed by atoms with Gasteiger partial charge < -0.3 is 10.6 Å². The molecule has 23 heavy (non-hydrogen) atoms. The molecule has 3 heteroatoms. The summed E-state index contributed by atoms with van der Waals surface area (Å²) in [4.78, 5) is 11.5. The van der Waals surface area contributed by atoms with Crippen molar-refractivity contribution in [3.63, 3.8) is 0 Å². The van der Waals surface area contributed by atoms with Gasteiger partial charge in [-0.1, -0.05) is 90.4 Å². The average molecular weight is 329 g/mol. The van der Waals surface area contributed by atoms with Crippen LogP contribution in [0.4, 0.5) is 0 Å². The Labute approximate surface area is 146 Å². The van der Waals surface area contributed by atoms with Crippen molar-refractivity contribution in [3.8, 4) is 0 Å². The van der Waals surface area contributed by atoms with Gasteiger partial charge in [-0.15, -0.1) is 0 Å². The zero-order chi connectivity index (χ0) is 17.8. The Balaban J connectivity index is 0. The molecule has 1 amide bonds. The second-order valence-corrected chi connectivity index (χ2v) is 7.01. The van der Waals surface area contributed by atoms with Crippen molar-refractivity contribution in [2.75, 3.05) is 20.6 Å². The van der Waals surface area contributed by atoms with Gasteiger partial charge in [0, 0.05) is 6.92 Å². The lowest BCUT2D eigenvalue weighted by Gasteiger charge is -2.08. The highest BCUT2D eigenvalue weighted by atomic mass is 16.1. The maximum absolute atomic E-state index is 9.22. The Morgan fingerprint density at radius 2 is 0.957 bits per heavy atom. The summed E-state index contributed by atoms with van der Waals surface area (Å²) in [6, 6.07) is 0. The Bertz CT molecular complexity index is 226. The monoisotopic (exact) mass is 328 g/mol. The van der Waals surface area contributed by atoms with Gasteiger partial charge in [0.15, 0.2) is 0 Å². The zero-order valence-corrected chi connectivity index (χ0v) is 16.5. The van der Waals surface area contributed by atoms with E-state index in [0.29, 0.717) is 0 Å². The molecule has 2 N–H and O–H groups in total. The van der Waals surface area contributed by atoms with Gasteiger partial charge in [0.2, 0.25) is 5.91 Å². The second-order valence-electron chi connectivity index (χ2n) is 7.01. The van der Waals surface area contributed by atoms with Gasteiger partial charge in [-0.25, -0.2) is 0 Å². The average Bonchev–Trinajstić information content (AvgIpc) is 2.47. The number of unbranched alkanes of at least 4 members (excludes halogenated alkanes) is 13. The molecule has 0 fully saturated rings. The van der Waals surface area contributed by atoms with Crippen LogP contribution in [0.3, 0.4) is 0 Å². The van der Waals surface area contributed by atoms with Crippen LogP contribution in [0.2, 0.25) is 0 Å². The van der Waals surface area contributed by atoms with E-state index in [1.165, 1.54) is 103 Å². The van der Waals surface area contributed by atoms with Crippen molar-refractivity contribution in [3.05, 3.63) is 0 Å². The quantitative estimate of drug-likeness (QED) is 0.402. The summed E-state index contributed by atoms with van der Waals surface area (Å²) in [5.41, 5.74) is 4.47. The fourth-order valence-electron chi connectivity index (χ4n) is 2.62. The van der Waals surface area contributed by atoms with E-state index in [1.807, 2.05) is 0 Å². The molecule has 3 nitrogen and oxygen atoms in total. The first-order valence-corrected chi connectivity index (χ1v) is 9.91. The summed E-state index contributed by atoms with van der Waals surface area (Å²) in [6.45, 7) is 4.86. The topological polar surface area (TPSA) is 46.3 Å². The van der Waals surface area contributed by atoms with E-state index in [2.05, 4.69) is 31.7 Å². The van der Waals surface area contributed by atoms with E-state index >= 15 is 0 Å². The number of primary amides is 1. The Morgan fingerprint density at radius 1 is 0.696 bits per heavy atom. The molecule has 0 unspecified atom stereocenters. The molecule has 0 spiro atoms. The van der Waals surface area contributed by atoms with Gasteiger partial charge in [0.1, 0.15) is 0 Å². The molecule has 0 aliphatic carbocycles. The van der Waals surface area contributed by atoms with Gasteiger partial charge in [-0.05, 0) is 27.1 Å². The van der Waals surface area contributed by atoms with E-state index in [9.17, 15) is 4.79 Å². The minimum atomic E-state index is -0.333. The lowest BCUT2D eigenvalue weighted by atomic mass is 10.0. The smallest absolute Gasteiger partial charge is 0.214 e.